The molecule has 0 aliphatic rings. The molecule has 1 atom stereocenters. The highest BCUT2D eigenvalue weighted by atomic mass is 32.2. The summed E-state index contributed by atoms with van der Waals surface area (Å²) in [6.45, 7) is 5.29. The van der Waals surface area contributed by atoms with Gasteiger partial charge in [-0.3, -0.25) is 0 Å². The van der Waals surface area contributed by atoms with E-state index in [1.165, 1.54) is 17.9 Å². The maximum Gasteiger partial charge on any atom is 0.408 e. The van der Waals surface area contributed by atoms with Crippen LogP contribution >= 0.6 is 0 Å². The van der Waals surface area contributed by atoms with Gasteiger partial charge < -0.3 is 15.2 Å². The fourth-order valence-electron chi connectivity index (χ4n) is 1.90. The molecule has 0 saturated carbocycles. The first-order valence-corrected chi connectivity index (χ1v) is 9.78. The summed E-state index contributed by atoms with van der Waals surface area (Å²) < 4.78 is 17.1. The Morgan fingerprint density at radius 3 is 2.35 bits per heavy atom. The fourth-order valence-corrected chi connectivity index (χ4v) is 2.65. The highest BCUT2D eigenvalue weighted by Crippen LogP contribution is 2.13. The van der Waals surface area contributed by atoms with Crippen LogP contribution in [0.1, 0.15) is 26.3 Å². The van der Waals surface area contributed by atoms with Gasteiger partial charge in [-0.25, -0.2) is 4.79 Å². The molecule has 0 bridgehead atoms. The Morgan fingerprint density at radius 2 is 1.87 bits per heavy atom. The number of carbonyl (C=O) groups excluding carboxylic acids is 1. The van der Waals surface area contributed by atoms with E-state index in [4.69, 9.17) is 4.74 Å². The molecule has 128 valence electrons. The number of benzene rings is 1. The van der Waals surface area contributed by atoms with E-state index in [9.17, 15) is 14.1 Å². The van der Waals surface area contributed by atoms with E-state index in [1.54, 1.807) is 20.8 Å². The summed E-state index contributed by atoms with van der Waals surface area (Å²) in [5, 5.41) is 14.2. The molecule has 1 rings (SSSR count). The van der Waals surface area contributed by atoms with E-state index < -0.39 is 27.7 Å². The number of aliphatic hydroxyl groups is 1. The number of rotatable bonds is 5. The highest BCUT2D eigenvalue weighted by Gasteiger charge is 2.24. The molecule has 0 saturated heterocycles. The number of ether oxygens (including phenoxy) is 1. The van der Waals surface area contributed by atoms with Crippen molar-refractivity contribution >= 4 is 16.0 Å². The van der Waals surface area contributed by atoms with Crippen LogP contribution < -0.4 is 5.32 Å². The third-order valence-corrected chi connectivity index (χ3v) is 3.54. The van der Waals surface area contributed by atoms with Gasteiger partial charge in [0.05, 0.1) is 6.04 Å². The lowest BCUT2D eigenvalue weighted by molar-refractivity contribution is 0.0501. The Balaban J connectivity index is 2.95. The summed E-state index contributed by atoms with van der Waals surface area (Å²) in [6.07, 6.45) is 2.79. The van der Waals surface area contributed by atoms with Crippen molar-refractivity contribution in [1.29, 1.82) is 0 Å². The molecule has 0 radical (unpaired) electrons. The second-order valence-corrected chi connectivity index (χ2v) is 9.59. The van der Waals surface area contributed by atoms with Gasteiger partial charge in [0, 0.05) is 6.42 Å². The average Bonchev–Trinajstić information content (AvgIpc) is 2.34. The molecule has 0 aliphatic carbocycles. The summed E-state index contributed by atoms with van der Waals surface area (Å²) in [5.41, 5.74) is 0.302. The largest absolute Gasteiger partial charge is 0.506 e. The minimum absolute atomic E-state index is 0.130. The van der Waals surface area contributed by atoms with Gasteiger partial charge in [-0.05, 0) is 26.3 Å². The average molecular weight is 340 g/mol. The predicted octanol–water partition coefficient (Wildman–Crippen LogP) is 3.28. The number of hydrogen-bond acceptors (Lipinski definition) is 4. The Hall–Kier alpha value is -1.82. The first-order valence-electron chi connectivity index (χ1n) is 7.34. The number of amides is 1. The molecule has 1 aromatic rings. The molecule has 0 aliphatic heterocycles. The quantitative estimate of drug-likeness (QED) is 0.637. The van der Waals surface area contributed by atoms with Gasteiger partial charge in [0.15, 0.2) is 11.2 Å². The number of carbonyl (C=O) groups is 1. The van der Waals surface area contributed by atoms with Gasteiger partial charge in [-0.1, -0.05) is 30.3 Å². The SMILES string of the molecule is CC(C)(C)OC(=O)N[C@@H](Cc1ccccc1)/C(O)=C/[S+](C)(C)=O. The molecule has 6 heteroatoms. The number of nitrogens with one attached hydrogen (secondary N) is 1. The van der Waals surface area contributed by atoms with Crippen molar-refractivity contribution in [3.8, 4) is 0 Å². The minimum atomic E-state index is -2.29. The first-order chi connectivity index (χ1) is 10.5. The van der Waals surface area contributed by atoms with E-state index in [2.05, 4.69) is 5.32 Å². The maximum atomic E-state index is 12.0. The van der Waals surface area contributed by atoms with Crippen LogP contribution in [0.3, 0.4) is 0 Å². The van der Waals surface area contributed by atoms with Crippen molar-refractivity contribution < 1.29 is 18.8 Å². The minimum Gasteiger partial charge on any atom is -0.506 e. The second kappa shape index (κ2) is 7.64. The zero-order valence-electron chi connectivity index (χ0n) is 14.3. The third kappa shape index (κ3) is 8.40. The first kappa shape index (κ1) is 19.2. The second-order valence-electron chi connectivity index (χ2n) is 6.74. The molecular formula is C17H26NO4S+. The summed E-state index contributed by atoms with van der Waals surface area (Å²) in [5.74, 6) is -0.130. The van der Waals surface area contributed by atoms with Crippen molar-refractivity contribution in [3.05, 3.63) is 47.1 Å². The van der Waals surface area contributed by atoms with Gasteiger partial charge >= 0.3 is 6.09 Å². The molecule has 0 unspecified atom stereocenters. The Labute approximate surface area is 139 Å². The fraction of sp³-hybridized carbons (Fsp3) is 0.471. The highest BCUT2D eigenvalue weighted by molar-refractivity contribution is 8.04. The van der Waals surface area contributed by atoms with Gasteiger partial charge in [0.25, 0.3) is 0 Å². The molecule has 5 nitrogen and oxygen atoms in total. The van der Waals surface area contributed by atoms with Crippen molar-refractivity contribution in [1.82, 2.24) is 5.32 Å². The Kier molecular flexibility index (Phi) is 6.38. The number of hydrogen-bond donors (Lipinski definition) is 2. The van der Waals surface area contributed by atoms with Crippen molar-refractivity contribution in [3.63, 3.8) is 0 Å². The van der Waals surface area contributed by atoms with Crippen LogP contribution in [-0.2, 0) is 25.3 Å². The zero-order valence-corrected chi connectivity index (χ0v) is 15.1. The van der Waals surface area contributed by atoms with Crippen LogP contribution in [0.5, 0.6) is 0 Å². The van der Waals surface area contributed by atoms with Gasteiger partial charge in [-0.2, -0.15) is 0 Å². The molecule has 0 spiro atoms. The van der Waals surface area contributed by atoms with Crippen molar-refractivity contribution in [2.45, 2.75) is 38.8 Å². The Morgan fingerprint density at radius 1 is 1.30 bits per heavy atom. The van der Waals surface area contributed by atoms with Gasteiger partial charge in [-0.15, -0.1) is 4.21 Å². The summed E-state index contributed by atoms with van der Waals surface area (Å²) in [4.78, 5) is 12.0. The molecule has 0 fully saturated rings. The number of aliphatic hydroxyl groups excluding tert-OH is 1. The smallest absolute Gasteiger partial charge is 0.408 e. The summed E-state index contributed by atoms with van der Waals surface area (Å²) in [6, 6.07) is 8.74. The van der Waals surface area contributed by atoms with Crippen LogP contribution in [-0.4, -0.2) is 35.4 Å². The van der Waals surface area contributed by atoms with Crippen LogP contribution in [0.2, 0.25) is 0 Å². The Bertz CT molecular complexity index is 599. The van der Waals surface area contributed by atoms with Crippen LogP contribution in [0.25, 0.3) is 0 Å². The number of alkyl carbamates (subject to hydrolysis) is 1. The standard InChI is InChI=1S/C17H25NO4S/c1-17(2,3)22-16(20)18-14(15(19)12-23(4,5)21)11-13-9-7-6-8-10-13/h6-10,12,14H,11H2,1-5H3,(H-,18,19,20,21)/p+1/t14-/m0/s1. The molecule has 0 heterocycles. The lowest BCUT2D eigenvalue weighted by Gasteiger charge is -2.23. The monoisotopic (exact) mass is 340 g/mol. The summed E-state index contributed by atoms with van der Waals surface area (Å²) in [7, 11) is -2.29. The molecule has 1 amide bonds. The van der Waals surface area contributed by atoms with Gasteiger partial charge in [0.2, 0.25) is 0 Å². The van der Waals surface area contributed by atoms with Crippen LogP contribution in [0.4, 0.5) is 4.79 Å². The van der Waals surface area contributed by atoms with E-state index in [1.807, 2.05) is 30.3 Å². The normalized spacial score (nSPS) is 14.2. The molecular weight excluding hydrogens is 314 g/mol. The lowest BCUT2D eigenvalue weighted by atomic mass is 10.1. The predicted molar refractivity (Wildman–Crippen MR) is 93.9 cm³/mol. The van der Waals surface area contributed by atoms with Crippen molar-refractivity contribution in [2.24, 2.45) is 0 Å². The van der Waals surface area contributed by atoms with Crippen LogP contribution in [0.15, 0.2) is 41.5 Å². The summed E-state index contributed by atoms with van der Waals surface area (Å²) >= 11 is 0. The lowest BCUT2D eigenvalue weighted by Crippen LogP contribution is -2.41. The van der Waals surface area contributed by atoms with Crippen molar-refractivity contribution in [2.75, 3.05) is 12.5 Å². The zero-order chi connectivity index (χ0) is 17.7. The van der Waals surface area contributed by atoms with Gasteiger partial charge in [0.1, 0.15) is 28.0 Å². The molecule has 2 N–H and O–H groups in total. The van der Waals surface area contributed by atoms with E-state index in [0.717, 1.165) is 5.56 Å². The van der Waals surface area contributed by atoms with E-state index >= 15 is 0 Å². The molecule has 1 aromatic carbocycles. The van der Waals surface area contributed by atoms with Crippen LogP contribution in [0, 0.1) is 0 Å². The van der Waals surface area contributed by atoms with E-state index in [0.29, 0.717) is 6.42 Å². The van der Waals surface area contributed by atoms with E-state index in [-0.39, 0.29) is 5.76 Å². The third-order valence-electron chi connectivity index (χ3n) is 2.74. The maximum absolute atomic E-state index is 12.0. The topological polar surface area (TPSA) is 75.6 Å². The molecule has 0 aromatic heterocycles. The molecule has 23 heavy (non-hydrogen) atoms.